The van der Waals surface area contributed by atoms with Crippen LogP contribution < -0.4 is 30.5 Å². The number of methoxy groups -OCH3 is 1. The summed E-state index contributed by atoms with van der Waals surface area (Å²) in [5, 5.41) is 9.73. The van der Waals surface area contributed by atoms with Gasteiger partial charge in [0.05, 0.1) is 41.2 Å². The minimum Gasteiger partial charge on any atom is -0.494 e. The third kappa shape index (κ3) is 4.44. The molecule has 1 saturated heterocycles. The van der Waals surface area contributed by atoms with Gasteiger partial charge in [0.25, 0.3) is 0 Å². The summed E-state index contributed by atoms with van der Waals surface area (Å²) >= 11 is 0. The minimum absolute atomic E-state index is 0.113. The van der Waals surface area contributed by atoms with E-state index in [-0.39, 0.29) is 12.1 Å². The zero-order valence-corrected chi connectivity index (χ0v) is 19.9. The zero-order chi connectivity index (χ0) is 24.4. The van der Waals surface area contributed by atoms with Crippen LogP contribution in [0.25, 0.3) is 0 Å². The van der Waals surface area contributed by atoms with Crippen LogP contribution in [0.3, 0.4) is 0 Å². The van der Waals surface area contributed by atoms with E-state index in [1.165, 1.54) is 6.08 Å². The van der Waals surface area contributed by atoms with Crippen molar-refractivity contribution in [1.82, 2.24) is 9.97 Å². The lowest BCUT2D eigenvalue weighted by atomic mass is 10.2. The van der Waals surface area contributed by atoms with Crippen LogP contribution in [-0.4, -0.2) is 43.1 Å². The first-order valence-electron chi connectivity index (χ1n) is 11.7. The summed E-state index contributed by atoms with van der Waals surface area (Å²) in [6, 6.07) is 13.9. The number of nitrogens with zero attached hydrogens (tertiary/aromatic N) is 4. The highest BCUT2D eigenvalue weighted by molar-refractivity contribution is 6.02. The molecule has 0 saturated carbocycles. The molecule has 0 bridgehead atoms. The van der Waals surface area contributed by atoms with Gasteiger partial charge in [-0.2, -0.15) is 0 Å². The zero-order valence-electron chi connectivity index (χ0n) is 19.9. The molecule has 0 spiro atoms. The van der Waals surface area contributed by atoms with E-state index in [9.17, 15) is 4.79 Å². The van der Waals surface area contributed by atoms with E-state index < -0.39 is 0 Å². The maximum Gasteiger partial charge on any atom is 0.247 e. The van der Waals surface area contributed by atoms with Gasteiger partial charge in [0.15, 0.2) is 0 Å². The average molecular weight is 472 g/mol. The predicted octanol–water partition coefficient (Wildman–Crippen LogP) is 4.51. The Balaban J connectivity index is 1.45. The predicted molar refractivity (Wildman–Crippen MR) is 140 cm³/mol. The van der Waals surface area contributed by atoms with Gasteiger partial charge in [-0.05, 0) is 43.2 Å². The van der Waals surface area contributed by atoms with Crippen LogP contribution in [0, 0.1) is 0 Å². The first-order chi connectivity index (χ1) is 17.1. The topological polar surface area (TPSA) is 94.6 Å². The largest absolute Gasteiger partial charge is 0.494 e. The van der Waals surface area contributed by atoms with Gasteiger partial charge in [-0.25, -0.2) is 9.97 Å². The third-order valence-corrected chi connectivity index (χ3v) is 6.38. The Labute approximate surface area is 204 Å². The molecule has 2 aromatic carbocycles. The smallest absolute Gasteiger partial charge is 0.247 e. The van der Waals surface area contributed by atoms with E-state index in [0.29, 0.717) is 23.1 Å². The fraction of sp³-hybridized carbons (Fsp3) is 0.269. The lowest BCUT2D eigenvalue weighted by Gasteiger charge is -2.24. The van der Waals surface area contributed by atoms with Gasteiger partial charge in [0, 0.05) is 32.4 Å². The second kappa shape index (κ2) is 9.54. The van der Waals surface area contributed by atoms with Crippen molar-refractivity contribution in [2.45, 2.75) is 19.0 Å². The van der Waals surface area contributed by atoms with Gasteiger partial charge in [0.1, 0.15) is 11.9 Å². The van der Waals surface area contributed by atoms with Crippen molar-refractivity contribution in [3.63, 3.8) is 0 Å². The first-order valence-corrected chi connectivity index (χ1v) is 11.7. The Morgan fingerprint density at radius 2 is 1.97 bits per heavy atom. The van der Waals surface area contributed by atoms with Gasteiger partial charge >= 0.3 is 0 Å². The molecule has 9 nitrogen and oxygen atoms in total. The molecule has 1 fully saturated rings. The van der Waals surface area contributed by atoms with E-state index in [1.807, 2.05) is 37.4 Å². The number of amides is 1. The van der Waals surface area contributed by atoms with Gasteiger partial charge in [-0.15, -0.1) is 0 Å². The Bertz CT molecular complexity index is 1260. The van der Waals surface area contributed by atoms with Gasteiger partial charge < -0.3 is 30.5 Å². The first kappa shape index (κ1) is 22.5. The molecule has 0 aliphatic carbocycles. The van der Waals surface area contributed by atoms with E-state index >= 15 is 0 Å². The highest BCUT2D eigenvalue weighted by atomic mass is 16.5. The summed E-state index contributed by atoms with van der Waals surface area (Å²) in [5.41, 5.74) is 5.27. The fourth-order valence-electron chi connectivity index (χ4n) is 4.60. The number of hydrogen-bond donors (Lipinski definition) is 3. The van der Waals surface area contributed by atoms with E-state index in [1.54, 1.807) is 13.3 Å². The SMILES string of the molecule is C=CC(=O)Nc1cc(Nc2nccc(C3Nc4ccccc4N3C)n2)c(OC)cc1N1CCCC1. The summed E-state index contributed by atoms with van der Waals surface area (Å²) in [6.45, 7) is 5.45. The second-order valence-electron chi connectivity index (χ2n) is 8.56. The van der Waals surface area contributed by atoms with E-state index in [0.717, 1.165) is 48.7 Å². The van der Waals surface area contributed by atoms with E-state index in [4.69, 9.17) is 9.72 Å². The van der Waals surface area contributed by atoms with Crippen LogP contribution in [0.4, 0.5) is 34.4 Å². The summed E-state index contributed by atoms with van der Waals surface area (Å²) in [5.74, 6) is 0.803. The third-order valence-electron chi connectivity index (χ3n) is 6.38. The Hall–Kier alpha value is -4.27. The molecule has 2 aliphatic rings. The lowest BCUT2D eigenvalue weighted by Crippen LogP contribution is -2.24. The van der Waals surface area contributed by atoms with Crippen LogP contribution in [0.15, 0.2) is 61.3 Å². The van der Waals surface area contributed by atoms with E-state index in [2.05, 4.69) is 49.4 Å². The number of nitrogens with one attached hydrogen (secondary N) is 3. The number of carbonyl (C=O) groups excluding carboxylic acids is 1. The molecule has 35 heavy (non-hydrogen) atoms. The number of ether oxygens (including phenoxy) is 1. The maximum atomic E-state index is 12.2. The van der Waals surface area contributed by atoms with Crippen molar-refractivity contribution in [1.29, 1.82) is 0 Å². The standard InChI is InChI=1S/C26H29N7O2/c1-4-24(34)28-19-15-20(23(35-3)16-22(19)33-13-7-8-14-33)31-26-27-12-11-18(30-26)25-29-17-9-5-6-10-21(17)32(25)2/h4-6,9-12,15-16,25,29H,1,7-8,13-14H2,2-3H3,(H,28,34)(H,27,30,31). The molecule has 9 heteroatoms. The number of fused-ring (bicyclic) bond motifs is 1. The number of rotatable bonds is 7. The van der Waals surface area contributed by atoms with Crippen molar-refractivity contribution >= 4 is 40.3 Å². The number of para-hydroxylation sites is 2. The number of benzene rings is 2. The molecular weight excluding hydrogens is 442 g/mol. The highest BCUT2D eigenvalue weighted by Crippen LogP contribution is 2.41. The van der Waals surface area contributed by atoms with Crippen LogP contribution in [0.2, 0.25) is 0 Å². The molecule has 1 unspecified atom stereocenters. The van der Waals surface area contributed by atoms with Gasteiger partial charge in [-0.3, -0.25) is 4.79 Å². The van der Waals surface area contributed by atoms with Gasteiger partial charge in [-0.1, -0.05) is 18.7 Å². The molecule has 1 aromatic heterocycles. The lowest BCUT2D eigenvalue weighted by molar-refractivity contribution is -0.111. The van der Waals surface area contributed by atoms with Crippen LogP contribution in [0.1, 0.15) is 24.7 Å². The molecule has 2 aliphatic heterocycles. The number of anilines is 6. The normalized spacial score (nSPS) is 16.5. The van der Waals surface area contributed by atoms with Crippen LogP contribution in [0.5, 0.6) is 5.75 Å². The molecule has 3 N–H and O–H groups in total. The van der Waals surface area contributed by atoms with Crippen molar-refractivity contribution in [2.75, 3.05) is 53.0 Å². The molecule has 180 valence electrons. The second-order valence-corrected chi connectivity index (χ2v) is 8.56. The Morgan fingerprint density at radius 3 is 2.71 bits per heavy atom. The van der Waals surface area contributed by atoms with Crippen LogP contribution in [-0.2, 0) is 4.79 Å². The molecule has 3 aromatic rings. The number of carbonyl (C=O) groups is 1. The summed E-state index contributed by atoms with van der Waals surface area (Å²) < 4.78 is 5.70. The molecular formula is C26H29N7O2. The Kier molecular flexibility index (Phi) is 6.13. The highest BCUT2D eigenvalue weighted by Gasteiger charge is 2.28. The molecule has 3 heterocycles. The number of hydrogen-bond acceptors (Lipinski definition) is 8. The number of aromatic nitrogens is 2. The summed E-state index contributed by atoms with van der Waals surface area (Å²) in [4.78, 5) is 25.7. The monoisotopic (exact) mass is 471 g/mol. The average Bonchev–Trinajstić information content (AvgIpc) is 3.53. The summed E-state index contributed by atoms with van der Waals surface area (Å²) in [7, 11) is 3.66. The minimum atomic E-state index is -0.269. The van der Waals surface area contributed by atoms with Gasteiger partial charge in [0.2, 0.25) is 11.9 Å². The molecule has 1 amide bonds. The van der Waals surface area contributed by atoms with Crippen LogP contribution >= 0.6 is 0 Å². The maximum absolute atomic E-state index is 12.2. The van der Waals surface area contributed by atoms with Crippen molar-refractivity contribution in [3.05, 3.63) is 67.0 Å². The fourth-order valence-corrected chi connectivity index (χ4v) is 4.60. The molecule has 1 atom stereocenters. The molecule has 5 rings (SSSR count). The molecule has 0 radical (unpaired) electrons. The quantitative estimate of drug-likeness (QED) is 0.433. The van der Waals surface area contributed by atoms with Crippen molar-refractivity contribution in [3.8, 4) is 5.75 Å². The Morgan fingerprint density at radius 1 is 1.17 bits per heavy atom. The summed E-state index contributed by atoms with van der Waals surface area (Å²) in [6.07, 6.45) is 5.12. The van der Waals surface area contributed by atoms with Crippen molar-refractivity contribution in [2.24, 2.45) is 0 Å². The van der Waals surface area contributed by atoms with Crippen molar-refractivity contribution < 1.29 is 9.53 Å².